The molecule has 0 atom stereocenters. The number of hydrogen-bond donors (Lipinski definition) is 3. The summed E-state index contributed by atoms with van der Waals surface area (Å²) in [6, 6.07) is 1.73. The molecule has 0 aliphatic rings. The lowest BCUT2D eigenvalue weighted by molar-refractivity contribution is 0.525. The summed E-state index contributed by atoms with van der Waals surface area (Å²) in [7, 11) is -4.10. The Morgan fingerprint density at radius 3 is 2.71 bits per heavy atom. The van der Waals surface area contributed by atoms with Gasteiger partial charge in [0.25, 0.3) is 0 Å². The Hall–Kier alpha value is -1.91. The summed E-state index contributed by atoms with van der Waals surface area (Å²) in [5, 5.41) is 6.18. The number of aromatic amines is 1. The number of nitrogens with zero attached hydrogens (tertiary/aromatic N) is 2. The zero-order valence-electron chi connectivity index (χ0n) is 10.8. The molecule has 1 aromatic carbocycles. The first kappa shape index (κ1) is 15.5. The van der Waals surface area contributed by atoms with Gasteiger partial charge in [-0.05, 0) is 12.1 Å². The van der Waals surface area contributed by atoms with E-state index < -0.39 is 38.7 Å². The van der Waals surface area contributed by atoms with E-state index in [1.54, 1.807) is 0 Å². The van der Waals surface area contributed by atoms with Gasteiger partial charge in [0.05, 0.1) is 0 Å². The number of halogens is 2. The van der Waals surface area contributed by atoms with Crippen LogP contribution in [0.25, 0.3) is 0 Å². The Morgan fingerprint density at radius 2 is 2.10 bits per heavy atom. The number of benzene rings is 1. The van der Waals surface area contributed by atoms with Crippen molar-refractivity contribution in [2.45, 2.75) is 17.9 Å². The molecule has 4 N–H and O–H groups in total. The predicted molar refractivity (Wildman–Crippen MR) is 69.5 cm³/mol. The molecule has 0 bridgehead atoms. The normalized spacial score (nSPS) is 11.8. The van der Waals surface area contributed by atoms with Crippen molar-refractivity contribution >= 4 is 10.0 Å². The molecule has 1 heterocycles. The average molecular weight is 317 g/mol. The predicted octanol–water partition coefficient (Wildman–Crippen LogP) is 0.0626. The second-order valence-electron chi connectivity index (χ2n) is 4.12. The number of sulfonamides is 1. The highest BCUT2D eigenvalue weighted by molar-refractivity contribution is 7.89. The van der Waals surface area contributed by atoms with Gasteiger partial charge in [0.15, 0.2) is 5.82 Å². The van der Waals surface area contributed by atoms with Gasteiger partial charge in [-0.1, -0.05) is 0 Å². The SMILES string of the molecule is NCc1c(F)ccc(S(=O)(=O)NCCc2ncn[nH]2)c1F. The van der Waals surface area contributed by atoms with Crippen molar-refractivity contribution in [3.8, 4) is 0 Å². The van der Waals surface area contributed by atoms with Crippen LogP contribution < -0.4 is 10.5 Å². The maximum Gasteiger partial charge on any atom is 0.243 e. The van der Waals surface area contributed by atoms with Crippen molar-refractivity contribution in [1.82, 2.24) is 19.9 Å². The Kier molecular flexibility index (Phi) is 4.60. The topological polar surface area (TPSA) is 114 Å². The maximum atomic E-state index is 14.0. The van der Waals surface area contributed by atoms with Crippen molar-refractivity contribution in [2.75, 3.05) is 6.54 Å². The van der Waals surface area contributed by atoms with Gasteiger partial charge in [-0.15, -0.1) is 0 Å². The summed E-state index contributed by atoms with van der Waals surface area (Å²) in [6.07, 6.45) is 1.54. The quantitative estimate of drug-likeness (QED) is 0.697. The van der Waals surface area contributed by atoms with Gasteiger partial charge >= 0.3 is 0 Å². The molecule has 0 fully saturated rings. The third-order valence-corrected chi connectivity index (χ3v) is 4.24. The van der Waals surface area contributed by atoms with Crippen LogP contribution in [0.3, 0.4) is 0 Å². The fourth-order valence-corrected chi connectivity index (χ4v) is 2.84. The molecule has 0 radical (unpaired) electrons. The largest absolute Gasteiger partial charge is 0.326 e. The Morgan fingerprint density at radius 1 is 1.33 bits per heavy atom. The molecule has 0 saturated carbocycles. The summed E-state index contributed by atoms with van der Waals surface area (Å²) in [6.45, 7) is -0.439. The van der Waals surface area contributed by atoms with Gasteiger partial charge in [0.2, 0.25) is 10.0 Å². The highest BCUT2D eigenvalue weighted by atomic mass is 32.2. The lowest BCUT2D eigenvalue weighted by Gasteiger charge is -2.10. The molecule has 2 aromatic rings. The third-order valence-electron chi connectivity index (χ3n) is 2.76. The van der Waals surface area contributed by atoms with Crippen LogP contribution in [0.4, 0.5) is 8.78 Å². The highest BCUT2D eigenvalue weighted by Gasteiger charge is 2.22. The average Bonchev–Trinajstić information content (AvgIpc) is 2.92. The van der Waals surface area contributed by atoms with Crippen LogP contribution in [0.1, 0.15) is 11.4 Å². The fourth-order valence-electron chi connectivity index (χ4n) is 1.70. The molecule has 10 heteroatoms. The van der Waals surface area contributed by atoms with Gasteiger partial charge in [0, 0.05) is 25.1 Å². The first-order valence-electron chi connectivity index (χ1n) is 5.96. The molecule has 21 heavy (non-hydrogen) atoms. The van der Waals surface area contributed by atoms with Gasteiger partial charge in [0.1, 0.15) is 22.9 Å². The molecule has 0 aliphatic heterocycles. The van der Waals surface area contributed by atoms with Crippen LogP contribution in [0.5, 0.6) is 0 Å². The van der Waals surface area contributed by atoms with Crippen molar-refractivity contribution in [2.24, 2.45) is 5.73 Å². The number of hydrogen-bond acceptors (Lipinski definition) is 5. The molecular weight excluding hydrogens is 304 g/mol. The maximum absolute atomic E-state index is 14.0. The summed E-state index contributed by atoms with van der Waals surface area (Å²) in [5.41, 5.74) is 4.75. The molecule has 0 aliphatic carbocycles. The smallest absolute Gasteiger partial charge is 0.243 e. The minimum atomic E-state index is -4.10. The second-order valence-corrected chi connectivity index (χ2v) is 5.86. The summed E-state index contributed by atoms with van der Waals surface area (Å²) in [4.78, 5) is 3.19. The molecule has 114 valence electrons. The van der Waals surface area contributed by atoms with E-state index in [1.165, 1.54) is 6.33 Å². The summed E-state index contributed by atoms with van der Waals surface area (Å²) >= 11 is 0. The van der Waals surface area contributed by atoms with Crippen molar-refractivity contribution < 1.29 is 17.2 Å². The first-order valence-corrected chi connectivity index (χ1v) is 7.45. The van der Waals surface area contributed by atoms with E-state index in [-0.39, 0.29) is 13.0 Å². The number of H-pyrrole nitrogens is 1. The van der Waals surface area contributed by atoms with Gasteiger partial charge < -0.3 is 5.73 Å². The van der Waals surface area contributed by atoms with E-state index in [0.717, 1.165) is 12.1 Å². The van der Waals surface area contributed by atoms with Crippen LogP contribution in [-0.2, 0) is 23.0 Å². The zero-order valence-corrected chi connectivity index (χ0v) is 11.6. The minimum Gasteiger partial charge on any atom is -0.326 e. The minimum absolute atomic E-state index is 0.00764. The monoisotopic (exact) mass is 317 g/mol. The molecule has 2 rings (SSSR count). The molecule has 7 nitrogen and oxygen atoms in total. The van der Waals surface area contributed by atoms with E-state index in [0.29, 0.717) is 5.82 Å². The fraction of sp³-hybridized carbons (Fsp3) is 0.273. The van der Waals surface area contributed by atoms with Crippen molar-refractivity contribution in [1.29, 1.82) is 0 Å². The van der Waals surface area contributed by atoms with Crippen LogP contribution in [-0.4, -0.2) is 30.1 Å². The van der Waals surface area contributed by atoms with E-state index >= 15 is 0 Å². The Labute approximate surface area is 119 Å². The molecular formula is C11H13F2N5O2S. The lowest BCUT2D eigenvalue weighted by Crippen LogP contribution is -2.27. The van der Waals surface area contributed by atoms with E-state index in [4.69, 9.17) is 5.73 Å². The van der Waals surface area contributed by atoms with Crippen LogP contribution >= 0.6 is 0 Å². The summed E-state index contributed by atoms with van der Waals surface area (Å²) in [5.74, 6) is -1.57. The van der Waals surface area contributed by atoms with E-state index in [9.17, 15) is 17.2 Å². The zero-order chi connectivity index (χ0) is 15.5. The van der Waals surface area contributed by atoms with Crippen LogP contribution in [0.15, 0.2) is 23.4 Å². The third kappa shape index (κ3) is 3.40. The lowest BCUT2D eigenvalue weighted by atomic mass is 10.2. The number of rotatable bonds is 6. The standard InChI is InChI=1S/C11H13F2N5O2S/c12-8-1-2-9(11(13)7(8)5-14)21(19,20)17-4-3-10-15-6-16-18-10/h1-2,6,17H,3-5,14H2,(H,15,16,18). The molecule has 0 amide bonds. The van der Waals surface area contributed by atoms with Gasteiger partial charge in [-0.25, -0.2) is 26.9 Å². The first-order chi connectivity index (χ1) is 9.95. The number of aromatic nitrogens is 3. The molecule has 0 unspecified atom stereocenters. The number of nitrogens with two attached hydrogens (primary N) is 1. The highest BCUT2D eigenvalue weighted by Crippen LogP contribution is 2.20. The summed E-state index contributed by atoms with van der Waals surface area (Å²) < 4.78 is 53.5. The van der Waals surface area contributed by atoms with Crippen molar-refractivity contribution in [3.05, 3.63) is 41.5 Å². The molecule has 0 spiro atoms. The molecule has 0 saturated heterocycles. The van der Waals surface area contributed by atoms with Crippen LogP contribution in [0.2, 0.25) is 0 Å². The van der Waals surface area contributed by atoms with E-state index in [1.807, 2.05) is 0 Å². The van der Waals surface area contributed by atoms with Gasteiger partial charge in [-0.2, -0.15) is 5.10 Å². The number of nitrogens with one attached hydrogen (secondary N) is 2. The van der Waals surface area contributed by atoms with Crippen molar-refractivity contribution in [3.63, 3.8) is 0 Å². The second kappa shape index (κ2) is 6.24. The van der Waals surface area contributed by atoms with E-state index in [2.05, 4.69) is 19.9 Å². The Bertz CT molecular complexity index is 718. The van der Waals surface area contributed by atoms with Crippen LogP contribution in [0, 0.1) is 11.6 Å². The molecule has 1 aromatic heterocycles. The van der Waals surface area contributed by atoms with Gasteiger partial charge in [-0.3, -0.25) is 5.10 Å². The Balaban J connectivity index is 2.16.